The topological polar surface area (TPSA) is 97.2 Å². The lowest BCUT2D eigenvalue weighted by atomic mass is 9.95. The predicted octanol–water partition coefficient (Wildman–Crippen LogP) is 5.10. The highest BCUT2D eigenvalue weighted by atomic mass is 32.1. The fourth-order valence-electron chi connectivity index (χ4n) is 6.73. The largest absolute Gasteiger partial charge is 0.373 e. The Kier molecular flexibility index (Phi) is 9.32. The lowest BCUT2D eigenvalue weighted by Crippen LogP contribution is -2.45. The highest BCUT2D eigenvalue weighted by molar-refractivity contribution is 7.10. The number of carbonyl (C=O) groups is 1. The molecular weight excluding hydrogens is 486 g/mol. The molecule has 2 aromatic rings. The van der Waals surface area contributed by atoms with Crippen LogP contribution in [-0.2, 0) is 14.4 Å². The van der Waals surface area contributed by atoms with Crippen molar-refractivity contribution in [1.82, 2.24) is 25.0 Å². The molecule has 5 rings (SSSR count). The molecule has 4 heterocycles. The Morgan fingerprint density at radius 3 is 2.30 bits per heavy atom. The minimum absolute atomic E-state index is 0.136. The molecule has 202 valence electrons. The summed E-state index contributed by atoms with van der Waals surface area (Å²) in [5.74, 6) is 3.09. The maximum atomic E-state index is 13.0. The number of amides is 1. The maximum Gasteiger partial charge on any atom is 0.373 e. The SMILES string of the molecule is Cc1csc([C@H](CCN2C3CCC2CC(n2c(C)nnc2C(C)C)C3)NC(=O)C2CCCC2)c1.O=C=O. The molecule has 2 aromatic heterocycles. The number of piperidine rings is 1. The Bertz CT molecular complexity index is 1070. The van der Waals surface area contributed by atoms with E-state index in [1.54, 1.807) is 11.3 Å². The molecule has 0 aromatic carbocycles. The smallest absolute Gasteiger partial charge is 0.348 e. The molecule has 1 N–H and O–H groups in total. The molecule has 2 bridgehead atoms. The van der Waals surface area contributed by atoms with Crippen molar-refractivity contribution in [2.45, 2.75) is 116 Å². The van der Waals surface area contributed by atoms with Crippen LogP contribution in [-0.4, -0.2) is 50.4 Å². The molecule has 8 nitrogen and oxygen atoms in total. The van der Waals surface area contributed by atoms with Gasteiger partial charge in [0.05, 0.1) is 6.04 Å². The van der Waals surface area contributed by atoms with Crippen molar-refractivity contribution in [2.75, 3.05) is 6.54 Å². The van der Waals surface area contributed by atoms with Crippen molar-refractivity contribution in [1.29, 1.82) is 0 Å². The summed E-state index contributed by atoms with van der Waals surface area (Å²) >= 11 is 1.80. The van der Waals surface area contributed by atoms with Crippen molar-refractivity contribution in [3.63, 3.8) is 0 Å². The zero-order chi connectivity index (χ0) is 26.5. The van der Waals surface area contributed by atoms with Gasteiger partial charge in [0.1, 0.15) is 11.6 Å². The number of thiophene rings is 1. The van der Waals surface area contributed by atoms with Crippen LogP contribution in [0.1, 0.15) is 112 Å². The van der Waals surface area contributed by atoms with E-state index in [1.807, 2.05) is 0 Å². The van der Waals surface area contributed by atoms with Crippen molar-refractivity contribution in [3.8, 4) is 0 Å². The molecule has 3 fully saturated rings. The Balaban J connectivity index is 0.00000102. The third-order valence-corrected chi connectivity index (χ3v) is 9.61. The first-order valence-electron chi connectivity index (χ1n) is 13.8. The van der Waals surface area contributed by atoms with Gasteiger partial charge in [0.2, 0.25) is 5.91 Å². The van der Waals surface area contributed by atoms with Crippen LogP contribution in [0.2, 0.25) is 0 Å². The van der Waals surface area contributed by atoms with Crippen molar-refractivity contribution in [3.05, 3.63) is 33.5 Å². The monoisotopic (exact) mass is 527 g/mol. The standard InChI is InChI=1S/C27H41N5OS.CO2/c1-17(2)26-30-29-19(4)32(26)23-14-21-9-10-22(15-23)31(21)12-11-24(25-13-18(3)16-34-25)28-27(33)20-7-5-6-8-20;2-1-3/h13,16-17,20-24H,5-12,14-15H2,1-4H3,(H,28,33);/t21?,22?,23?,24-;/m0./s1. The van der Waals surface area contributed by atoms with Gasteiger partial charge in [-0.05, 0) is 75.8 Å². The molecule has 0 spiro atoms. The second kappa shape index (κ2) is 12.5. The van der Waals surface area contributed by atoms with E-state index in [4.69, 9.17) is 9.59 Å². The van der Waals surface area contributed by atoms with E-state index >= 15 is 0 Å². The van der Waals surface area contributed by atoms with Gasteiger partial charge >= 0.3 is 6.15 Å². The minimum Gasteiger partial charge on any atom is -0.348 e. The Labute approximate surface area is 224 Å². The summed E-state index contributed by atoms with van der Waals surface area (Å²) in [6, 6.07) is 4.17. The molecule has 2 aliphatic heterocycles. The molecule has 2 unspecified atom stereocenters. The zero-order valence-corrected chi connectivity index (χ0v) is 23.4. The molecule has 37 heavy (non-hydrogen) atoms. The van der Waals surface area contributed by atoms with Gasteiger partial charge in [0.15, 0.2) is 0 Å². The number of carbonyl (C=O) groups excluding carboxylic acids is 3. The second-order valence-electron chi connectivity index (χ2n) is 11.3. The Morgan fingerprint density at radius 1 is 1.08 bits per heavy atom. The van der Waals surface area contributed by atoms with Gasteiger partial charge in [-0.2, -0.15) is 9.59 Å². The number of rotatable bonds is 8. The second-order valence-corrected chi connectivity index (χ2v) is 12.3. The first kappa shape index (κ1) is 27.7. The van der Waals surface area contributed by atoms with Crippen LogP contribution in [0.4, 0.5) is 0 Å². The quantitative estimate of drug-likeness (QED) is 0.513. The Morgan fingerprint density at radius 2 is 1.73 bits per heavy atom. The molecule has 3 atom stereocenters. The van der Waals surface area contributed by atoms with Gasteiger partial charge in [-0.1, -0.05) is 26.7 Å². The van der Waals surface area contributed by atoms with Gasteiger partial charge in [-0.15, -0.1) is 21.5 Å². The van der Waals surface area contributed by atoms with Crippen LogP contribution in [0.5, 0.6) is 0 Å². The van der Waals surface area contributed by atoms with Crippen LogP contribution in [0.25, 0.3) is 0 Å². The van der Waals surface area contributed by atoms with E-state index < -0.39 is 0 Å². The molecule has 1 saturated carbocycles. The number of nitrogens with one attached hydrogen (secondary N) is 1. The van der Waals surface area contributed by atoms with Gasteiger partial charge in [-0.25, -0.2) is 0 Å². The summed E-state index contributed by atoms with van der Waals surface area (Å²) in [5, 5.41) is 14.6. The fraction of sp³-hybridized carbons (Fsp3) is 0.714. The summed E-state index contributed by atoms with van der Waals surface area (Å²) < 4.78 is 2.44. The highest BCUT2D eigenvalue weighted by Gasteiger charge is 2.42. The van der Waals surface area contributed by atoms with Gasteiger partial charge in [-0.3, -0.25) is 9.69 Å². The molecule has 2 saturated heterocycles. The summed E-state index contributed by atoms with van der Waals surface area (Å²) in [6.45, 7) is 9.76. The third-order valence-electron chi connectivity index (χ3n) is 8.45. The van der Waals surface area contributed by atoms with Gasteiger partial charge in [0.25, 0.3) is 0 Å². The van der Waals surface area contributed by atoms with E-state index in [1.165, 1.54) is 49.0 Å². The van der Waals surface area contributed by atoms with Crippen LogP contribution >= 0.6 is 11.3 Å². The fourth-order valence-corrected chi connectivity index (χ4v) is 7.71. The molecule has 1 amide bonds. The van der Waals surface area contributed by atoms with Gasteiger partial charge in [0, 0.05) is 41.4 Å². The van der Waals surface area contributed by atoms with Crippen LogP contribution in [0.3, 0.4) is 0 Å². The van der Waals surface area contributed by atoms with E-state index in [-0.39, 0.29) is 24.0 Å². The average molecular weight is 528 g/mol. The lowest BCUT2D eigenvalue weighted by Gasteiger charge is -2.40. The number of hydrogen-bond donors (Lipinski definition) is 1. The van der Waals surface area contributed by atoms with Gasteiger partial charge < -0.3 is 9.88 Å². The first-order valence-corrected chi connectivity index (χ1v) is 14.7. The molecule has 1 aliphatic carbocycles. The lowest BCUT2D eigenvalue weighted by molar-refractivity contribution is -0.191. The molecular formula is C28H41N5O3S. The number of aromatic nitrogens is 3. The molecule has 3 aliphatic rings. The normalized spacial score (nSPS) is 24.5. The average Bonchev–Trinajstić information content (AvgIpc) is 3.65. The Hall–Kier alpha value is -2.35. The summed E-state index contributed by atoms with van der Waals surface area (Å²) in [6.07, 6.45) is 10.7. The van der Waals surface area contributed by atoms with E-state index in [0.717, 1.165) is 37.5 Å². The van der Waals surface area contributed by atoms with E-state index in [0.29, 0.717) is 24.0 Å². The molecule has 0 radical (unpaired) electrons. The van der Waals surface area contributed by atoms with E-state index in [2.05, 4.69) is 64.1 Å². The minimum atomic E-state index is 0.136. The van der Waals surface area contributed by atoms with Crippen LogP contribution < -0.4 is 5.32 Å². The number of nitrogens with zero attached hydrogens (tertiary/aromatic N) is 4. The predicted molar refractivity (Wildman–Crippen MR) is 142 cm³/mol. The third kappa shape index (κ3) is 6.39. The first-order chi connectivity index (χ1) is 17.8. The van der Waals surface area contributed by atoms with Crippen LogP contribution in [0, 0.1) is 19.8 Å². The van der Waals surface area contributed by atoms with Crippen molar-refractivity contribution in [2.24, 2.45) is 5.92 Å². The summed E-state index contributed by atoms with van der Waals surface area (Å²) in [5.41, 5.74) is 1.30. The number of aryl methyl sites for hydroxylation is 2. The van der Waals surface area contributed by atoms with Crippen molar-refractivity contribution < 1.29 is 14.4 Å². The number of fused-ring (bicyclic) bond motifs is 2. The summed E-state index contributed by atoms with van der Waals surface area (Å²) in [7, 11) is 0. The molecule has 9 heteroatoms. The number of hydrogen-bond acceptors (Lipinski definition) is 7. The van der Waals surface area contributed by atoms with Crippen molar-refractivity contribution >= 4 is 23.4 Å². The summed E-state index contributed by atoms with van der Waals surface area (Å²) in [4.78, 5) is 33.3. The van der Waals surface area contributed by atoms with E-state index in [9.17, 15) is 4.79 Å². The zero-order valence-electron chi connectivity index (χ0n) is 22.6. The van der Waals surface area contributed by atoms with Crippen LogP contribution in [0.15, 0.2) is 11.4 Å². The maximum absolute atomic E-state index is 13.0. The highest BCUT2D eigenvalue weighted by Crippen LogP contribution is 2.42.